The summed E-state index contributed by atoms with van der Waals surface area (Å²) in [5.74, 6) is -0.806. The highest BCUT2D eigenvalue weighted by Crippen LogP contribution is 2.47. The summed E-state index contributed by atoms with van der Waals surface area (Å²) in [6.45, 7) is 7.78. The summed E-state index contributed by atoms with van der Waals surface area (Å²) in [6.07, 6.45) is -2.47. The minimum absolute atomic E-state index is 0.0807. The molecule has 1 saturated heterocycles. The van der Waals surface area contributed by atoms with Gasteiger partial charge in [0.25, 0.3) is 0 Å². The second kappa shape index (κ2) is 10.1. The third kappa shape index (κ3) is 4.88. The minimum atomic E-state index is -4.75. The Morgan fingerprint density at radius 2 is 1.90 bits per heavy atom. The number of piperazine rings is 1. The molecule has 4 heterocycles. The molecule has 0 aliphatic carbocycles. The van der Waals surface area contributed by atoms with E-state index in [0.717, 1.165) is 24.0 Å². The normalized spacial score (nSPS) is 21.7. The molecule has 7 nitrogen and oxygen atoms in total. The number of alkyl halides is 3. The quantitative estimate of drug-likeness (QED) is 0.316. The van der Waals surface area contributed by atoms with Crippen molar-refractivity contribution in [1.29, 1.82) is 0 Å². The van der Waals surface area contributed by atoms with Gasteiger partial charge >= 0.3 is 11.9 Å². The Bertz CT molecular complexity index is 1520. The van der Waals surface area contributed by atoms with Gasteiger partial charge in [-0.2, -0.15) is 18.2 Å². The molecule has 3 atom stereocenters. The lowest BCUT2D eigenvalue weighted by molar-refractivity contribution is -0.137. The van der Waals surface area contributed by atoms with E-state index in [1.165, 1.54) is 22.8 Å². The van der Waals surface area contributed by atoms with Crippen molar-refractivity contribution in [3.05, 3.63) is 69.6 Å². The van der Waals surface area contributed by atoms with Gasteiger partial charge in [0.1, 0.15) is 11.6 Å². The molecule has 5 rings (SSSR count). The molecule has 0 N–H and O–H groups in total. The first-order valence-electron chi connectivity index (χ1n) is 12.2. The highest BCUT2D eigenvalue weighted by atomic mass is 35.5. The molecule has 0 spiro atoms. The van der Waals surface area contributed by atoms with E-state index in [1.807, 2.05) is 13.8 Å². The number of amides is 1. The van der Waals surface area contributed by atoms with Crippen LogP contribution in [0.3, 0.4) is 0 Å². The predicted molar refractivity (Wildman–Crippen MR) is 142 cm³/mol. The molecule has 0 unspecified atom stereocenters. The van der Waals surface area contributed by atoms with Crippen molar-refractivity contribution >= 4 is 46.0 Å². The van der Waals surface area contributed by atoms with Crippen molar-refractivity contribution < 1.29 is 22.4 Å². The number of benzene rings is 1. The van der Waals surface area contributed by atoms with E-state index in [-0.39, 0.29) is 65.0 Å². The molecule has 0 radical (unpaired) electrons. The number of hydrogen-bond donors (Lipinski definition) is 0. The molecule has 0 bridgehead atoms. The van der Waals surface area contributed by atoms with Crippen molar-refractivity contribution in [2.24, 2.45) is 0 Å². The molecule has 2 aliphatic heterocycles. The molecular weight excluding hydrogens is 558 g/mol. The summed E-state index contributed by atoms with van der Waals surface area (Å²) in [6, 6.07) is 3.07. The first-order valence-corrected chi connectivity index (χ1v) is 13.5. The fourth-order valence-electron chi connectivity index (χ4n) is 5.42. The van der Waals surface area contributed by atoms with Crippen LogP contribution in [0.15, 0.2) is 46.7 Å². The topological polar surface area (TPSA) is 71.3 Å². The van der Waals surface area contributed by atoms with Gasteiger partial charge in [-0.25, -0.2) is 9.18 Å². The van der Waals surface area contributed by atoms with Gasteiger partial charge < -0.3 is 9.80 Å². The molecule has 13 heteroatoms. The summed E-state index contributed by atoms with van der Waals surface area (Å²) < 4.78 is 57.3. The van der Waals surface area contributed by atoms with Gasteiger partial charge in [0.2, 0.25) is 5.91 Å². The monoisotopic (exact) mass is 581 g/mol. The van der Waals surface area contributed by atoms with E-state index in [2.05, 4.69) is 16.5 Å². The Hall–Kier alpha value is -3.12. The number of nitrogens with zero attached hydrogens (tertiary/aromatic N) is 5. The van der Waals surface area contributed by atoms with E-state index in [9.17, 15) is 27.2 Å². The number of anilines is 1. The number of rotatable bonds is 3. The van der Waals surface area contributed by atoms with E-state index in [0.29, 0.717) is 5.69 Å². The van der Waals surface area contributed by atoms with Crippen LogP contribution in [0.25, 0.3) is 10.9 Å². The number of aromatic nitrogens is 3. The Morgan fingerprint density at radius 3 is 2.49 bits per heavy atom. The number of hydrogen-bond acceptors (Lipinski definition) is 6. The largest absolute Gasteiger partial charge is 0.417 e. The molecule has 2 aromatic heterocycles. The summed E-state index contributed by atoms with van der Waals surface area (Å²) in [4.78, 5) is 37.8. The van der Waals surface area contributed by atoms with Crippen LogP contribution < -0.4 is 10.6 Å². The molecule has 39 heavy (non-hydrogen) atoms. The third-order valence-electron chi connectivity index (χ3n) is 7.09. The lowest BCUT2D eigenvalue weighted by atomic mass is 10.0. The zero-order valence-electron chi connectivity index (χ0n) is 21.0. The lowest BCUT2D eigenvalue weighted by Crippen LogP contribution is -2.58. The van der Waals surface area contributed by atoms with E-state index < -0.39 is 34.2 Å². The predicted octanol–water partition coefficient (Wildman–Crippen LogP) is 5.10. The van der Waals surface area contributed by atoms with Gasteiger partial charge in [-0.3, -0.25) is 14.3 Å². The first kappa shape index (κ1) is 27.4. The van der Waals surface area contributed by atoms with Crippen molar-refractivity contribution in [1.82, 2.24) is 19.4 Å². The molecular formula is C26H24ClF4N5O2S. The molecule has 1 aromatic carbocycles. The maximum absolute atomic E-state index is 14.2. The van der Waals surface area contributed by atoms with Crippen LogP contribution >= 0.6 is 23.4 Å². The van der Waals surface area contributed by atoms with Gasteiger partial charge in [0.15, 0.2) is 0 Å². The van der Waals surface area contributed by atoms with Gasteiger partial charge in [0, 0.05) is 54.5 Å². The second-order valence-electron chi connectivity index (χ2n) is 9.75. The van der Waals surface area contributed by atoms with Crippen molar-refractivity contribution in [3.63, 3.8) is 0 Å². The Kier molecular flexibility index (Phi) is 7.13. The smallest absolute Gasteiger partial charge is 0.352 e. The van der Waals surface area contributed by atoms with Crippen LogP contribution in [-0.4, -0.2) is 56.3 Å². The highest BCUT2D eigenvalue weighted by Gasteiger charge is 2.39. The van der Waals surface area contributed by atoms with Gasteiger partial charge in [0.05, 0.1) is 27.2 Å². The van der Waals surface area contributed by atoms with Gasteiger partial charge in [-0.15, -0.1) is 11.8 Å². The summed E-state index contributed by atoms with van der Waals surface area (Å²) >= 11 is 7.47. The molecule has 2 aliphatic rings. The summed E-state index contributed by atoms with van der Waals surface area (Å²) in [5.41, 5.74) is -0.900. The highest BCUT2D eigenvalue weighted by molar-refractivity contribution is 7.99. The zero-order valence-corrected chi connectivity index (χ0v) is 22.6. The lowest BCUT2D eigenvalue weighted by Gasteiger charge is -2.44. The molecule has 206 valence electrons. The fourth-order valence-corrected chi connectivity index (χ4v) is 7.07. The van der Waals surface area contributed by atoms with E-state index in [1.54, 1.807) is 9.80 Å². The molecule has 3 aromatic rings. The van der Waals surface area contributed by atoms with Crippen LogP contribution in [0, 0.1) is 5.82 Å². The van der Waals surface area contributed by atoms with Crippen molar-refractivity contribution in [2.75, 3.05) is 23.7 Å². The maximum Gasteiger partial charge on any atom is 0.417 e. The number of halogens is 5. The molecule has 0 saturated carbocycles. The second-order valence-corrected chi connectivity index (χ2v) is 11.2. The van der Waals surface area contributed by atoms with E-state index in [4.69, 9.17) is 11.6 Å². The first-order chi connectivity index (χ1) is 18.4. The van der Waals surface area contributed by atoms with Gasteiger partial charge in [-0.1, -0.05) is 18.2 Å². The Labute approximate surface area is 230 Å². The SMILES string of the molecule is C=CC(=O)N1[C@H](C)CN(c2nc(=O)n3c4c(c(Cl)c(C(F)(F)F)cc24)SC[C@@H](c2ccc(F)cn2)C3)C[C@@H]1C. The van der Waals surface area contributed by atoms with Crippen molar-refractivity contribution in [2.45, 2.75) is 49.5 Å². The number of pyridine rings is 1. The van der Waals surface area contributed by atoms with Crippen LogP contribution in [-0.2, 0) is 17.5 Å². The van der Waals surface area contributed by atoms with Crippen LogP contribution in [0.2, 0.25) is 5.02 Å². The van der Waals surface area contributed by atoms with E-state index >= 15 is 0 Å². The minimum Gasteiger partial charge on any atom is -0.352 e. The Balaban J connectivity index is 1.69. The van der Waals surface area contributed by atoms with Crippen molar-refractivity contribution in [3.8, 4) is 0 Å². The standard InChI is InChI=1S/C26H24ClF4N5O2S/c1-4-20(37)36-13(2)9-34(10-14(36)3)24-17-7-18(26(29,30)31)21(27)23-22(17)35(25(38)33-24)11-15(12-39-23)19-6-5-16(28)8-32-19/h4-8,13-15H,1,9-12H2,2-3H3/t13-,14+,15-/m0/s1. The van der Waals surface area contributed by atoms with Crippen LogP contribution in [0.1, 0.15) is 31.0 Å². The van der Waals surface area contributed by atoms with Crippen LogP contribution in [0.4, 0.5) is 23.4 Å². The Morgan fingerprint density at radius 1 is 1.21 bits per heavy atom. The number of carbonyl (C=O) groups is 1. The average molecular weight is 582 g/mol. The molecule has 1 amide bonds. The van der Waals surface area contributed by atoms with Crippen LogP contribution in [0.5, 0.6) is 0 Å². The zero-order chi connectivity index (χ0) is 28.2. The fraction of sp³-hybridized carbons (Fsp3) is 0.385. The third-order valence-corrected chi connectivity index (χ3v) is 8.85. The maximum atomic E-state index is 14.2. The number of carbonyl (C=O) groups excluding carboxylic acids is 1. The average Bonchev–Trinajstić information content (AvgIpc) is 3.08. The summed E-state index contributed by atoms with van der Waals surface area (Å²) in [7, 11) is 0. The number of thioether (sulfide) groups is 1. The van der Waals surface area contributed by atoms with Gasteiger partial charge in [-0.05, 0) is 38.1 Å². The molecule has 1 fully saturated rings. The summed E-state index contributed by atoms with van der Waals surface area (Å²) in [5, 5.41) is -0.342.